The van der Waals surface area contributed by atoms with Crippen molar-refractivity contribution in [3.05, 3.63) is 95.3 Å². The zero-order valence-corrected chi connectivity index (χ0v) is 15.4. The molecule has 0 atom stereocenters. The van der Waals surface area contributed by atoms with Gasteiger partial charge in [-0.3, -0.25) is 9.47 Å². The predicted octanol–water partition coefficient (Wildman–Crippen LogP) is 5.31. The van der Waals surface area contributed by atoms with Crippen LogP contribution in [0, 0.1) is 0 Å². The van der Waals surface area contributed by atoms with Crippen molar-refractivity contribution < 1.29 is 0 Å². The van der Waals surface area contributed by atoms with Gasteiger partial charge < -0.3 is 0 Å². The molecule has 0 N–H and O–H groups in total. The Morgan fingerprint density at radius 2 is 1.54 bits per heavy atom. The molecule has 26 heavy (non-hydrogen) atoms. The molecule has 0 bridgehead atoms. The minimum absolute atomic E-state index is 0.731. The van der Waals surface area contributed by atoms with Crippen molar-refractivity contribution in [2.75, 3.05) is 7.05 Å². The van der Waals surface area contributed by atoms with Gasteiger partial charge in [-0.15, -0.1) is 0 Å². The summed E-state index contributed by atoms with van der Waals surface area (Å²) in [5.74, 6) is 1.02. The van der Waals surface area contributed by atoms with Gasteiger partial charge in [0.25, 0.3) is 0 Å². The van der Waals surface area contributed by atoms with E-state index in [0.29, 0.717) is 0 Å². The Bertz CT molecular complexity index is 1020. The summed E-state index contributed by atoms with van der Waals surface area (Å²) in [4.78, 5) is 7.12. The minimum atomic E-state index is 0.731. The molecule has 4 heteroatoms. The fraction of sp³-hybridized carbons (Fsp3) is 0.136. The van der Waals surface area contributed by atoms with Gasteiger partial charge in [0.05, 0.1) is 17.6 Å². The Hall–Kier alpha value is -2.62. The van der Waals surface area contributed by atoms with E-state index in [1.165, 1.54) is 0 Å². The molecule has 0 radical (unpaired) electrons. The van der Waals surface area contributed by atoms with Gasteiger partial charge in [0, 0.05) is 17.3 Å². The lowest BCUT2D eigenvalue weighted by molar-refractivity contribution is 0.309. The first-order valence-electron chi connectivity index (χ1n) is 8.66. The number of hydrogen-bond acceptors (Lipinski definition) is 2. The second-order valence-corrected chi connectivity index (χ2v) is 6.86. The Balaban J connectivity index is 1.69. The second-order valence-electron chi connectivity index (χ2n) is 6.45. The molecule has 3 nitrogen and oxygen atoms in total. The molecule has 1 aromatic heterocycles. The van der Waals surface area contributed by atoms with Gasteiger partial charge in [0.15, 0.2) is 0 Å². The molecule has 0 aliphatic rings. The standard InChI is InChI=1S/C22H20ClN3/c1-25(15-17-9-5-6-12-19(17)23)16-22-24-20-13-7-8-14-21(20)26(22)18-10-3-2-4-11-18/h2-14H,15-16H2,1H3. The van der Waals surface area contributed by atoms with Crippen molar-refractivity contribution in [2.24, 2.45) is 0 Å². The van der Waals surface area contributed by atoms with Gasteiger partial charge >= 0.3 is 0 Å². The largest absolute Gasteiger partial charge is 0.295 e. The summed E-state index contributed by atoms with van der Waals surface area (Å²) in [6, 6.07) is 26.6. The quantitative estimate of drug-likeness (QED) is 0.480. The summed E-state index contributed by atoms with van der Waals surface area (Å²) in [6.45, 7) is 1.51. The number of benzene rings is 3. The SMILES string of the molecule is CN(Cc1ccccc1Cl)Cc1nc2ccccc2n1-c1ccccc1. The number of nitrogens with zero attached hydrogens (tertiary/aromatic N) is 3. The van der Waals surface area contributed by atoms with Crippen LogP contribution in [-0.4, -0.2) is 21.5 Å². The highest BCUT2D eigenvalue weighted by Crippen LogP contribution is 2.23. The molecular weight excluding hydrogens is 342 g/mol. The van der Waals surface area contributed by atoms with Crippen molar-refractivity contribution in [2.45, 2.75) is 13.1 Å². The highest BCUT2D eigenvalue weighted by Gasteiger charge is 2.14. The zero-order valence-electron chi connectivity index (χ0n) is 14.6. The molecule has 0 fully saturated rings. The van der Waals surface area contributed by atoms with E-state index in [1.54, 1.807) is 0 Å². The Morgan fingerprint density at radius 1 is 0.846 bits per heavy atom. The summed E-state index contributed by atoms with van der Waals surface area (Å²) in [6.07, 6.45) is 0. The Labute approximate surface area is 158 Å². The van der Waals surface area contributed by atoms with E-state index >= 15 is 0 Å². The third-order valence-electron chi connectivity index (χ3n) is 4.45. The fourth-order valence-electron chi connectivity index (χ4n) is 3.26. The van der Waals surface area contributed by atoms with Crippen LogP contribution in [0.3, 0.4) is 0 Å². The van der Waals surface area contributed by atoms with Crippen LogP contribution in [0.1, 0.15) is 11.4 Å². The van der Waals surface area contributed by atoms with E-state index in [-0.39, 0.29) is 0 Å². The third-order valence-corrected chi connectivity index (χ3v) is 4.82. The molecule has 3 aromatic carbocycles. The lowest BCUT2D eigenvalue weighted by Crippen LogP contribution is -2.20. The highest BCUT2D eigenvalue weighted by atomic mass is 35.5. The summed E-state index contributed by atoms with van der Waals surface area (Å²) in [5.41, 5.74) is 4.39. The van der Waals surface area contributed by atoms with Crippen molar-refractivity contribution in [1.29, 1.82) is 0 Å². The third kappa shape index (κ3) is 3.36. The Kier molecular flexibility index (Phi) is 4.74. The van der Waals surface area contributed by atoms with Gasteiger partial charge in [0.1, 0.15) is 5.82 Å². The summed E-state index contributed by atoms with van der Waals surface area (Å²) in [7, 11) is 2.10. The van der Waals surface area contributed by atoms with Crippen molar-refractivity contribution in [1.82, 2.24) is 14.5 Å². The summed E-state index contributed by atoms with van der Waals surface area (Å²) >= 11 is 6.32. The molecule has 0 aliphatic carbocycles. The summed E-state index contributed by atoms with van der Waals surface area (Å²) < 4.78 is 2.23. The Morgan fingerprint density at radius 3 is 2.35 bits per heavy atom. The van der Waals surface area contributed by atoms with E-state index in [4.69, 9.17) is 16.6 Å². The van der Waals surface area contributed by atoms with E-state index in [2.05, 4.69) is 65.0 Å². The number of aromatic nitrogens is 2. The number of para-hydroxylation sites is 3. The first-order chi connectivity index (χ1) is 12.7. The lowest BCUT2D eigenvalue weighted by atomic mass is 10.2. The van der Waals surface area contributed by atoms with Crippen molar-refractivity contribution >= 4 is 22.6 Å². The molecule has 0 spiro atoms. The average Bonchev–Trinajstić information content (AvgIpc) is 3.02. The van der Waals surface area contributed by atoms with E-state index < -0.39 is 0 Å². The molecule has 0 saturated carbocycles. The fourth-order valence-corrected chi connectivity index (χ4v) is 3.46. The van der Waals surface area contributed by atoms with Gasteiger partial charge in [-0.2, -0.15) is 0 Å². The monoisotopic (exact) mass is 361 g/mol. The average molecular weight is 362 g/mol. The number of fused-ring (bicyclic) bond motifs is 1. The van der Waals surface area contributed by atoms with E-state index in [0.717, 1.165) is 46.2 Å². The summed E-state index contributed by atoms with van der Waals surface area (Å²) in [5, 5.41) is 0.802. The van der Waals surface area contributed by atoms with Crippen LogP contribution in [0.15, 0.2) is 78.9 Å². The maximum absolute atomic E-state index is 6.32. The highest BCUT2D eigenvalue weighted by molar-refractivity contribution is 6.31. The maximum Gasteiger partial charge on any atom is 0.128 e. The zero-order chi connectivity index (χ0) is 17.9. The molecule has 0 amide bonds. The molecule has 0 unspecified atom stereocenters. The first-order valence-corrected chi connectivity index (χ1v) is 9.04. The number of hydrogen-bond donors (Lipinski definition) is 0. The van der Waals surface area contributed by atoms with Crippen LogP contribution in [-0.2, 0) is 13.1 Å². The van der Waals surface area contributed by atoms with Gasteiger partial charge in [0.2, 0.25) is 0 Å². The number of rotatable bonds is 5. The smallest absolute Gasteiger partial charge is 0.128 e. The molecule has 0 saturated heterocycles. The number of imidazole rings is 1. The lowest BCUT2D eigenvalue weighted by Gasteiger charge is -2.18. The molecule has 0 aliphatic heterocycles. The number of halogens is 1. The molecule has 4 rings (SSSR count). The van der Waals surface area contributed by atoms with Crippen LogP contribution in [0.2, 0.25) is 5.02 Å². The van der Waals surface area contributed by atoms with Crippen LogP contribution in [0.25, 0.3) is 16.7 Å². The van der Waals surface area contributed by atoms with Gasteiger partial charge in [-0.05, 0) is 42.9 Å². The van der Waals surface area contributed by atoms with Crippen LogP contribution >= 0.6 is 11.6 Å². The molecule has 4 aromatic rings. The molecule has 130 valence electrons. The minimum Gasteiger partial charge on any atom is -0.295 e. The topological polar surface area (TPSA) is 21.1 Å². The van der Waals surface area contributed by atoms with E-state index in [9.17, 15) is 0 Å². The van der Waals surface area contributed by atoms with Crippen LogP contribution < -0.4 is 0 Å². The van der Waals surface area contributed by atoms with Crippen molar-refractivity contribution in [3.63, 3.8) is 0 Å². The van der Waals surface area contributed by atoms with Gasteiger partial charge in [-0.25, -0.2) is 4.98 Å². The molecular formula is C22H20ClN3. The maximum atomic E-state index is 6.32. The van der Waals surface area contributed by atoms with Crippen molar-refractivity contribution in [3.8, 4) is 5.69 Å². The van der Waals surface area contributed by atoms with Gasteiger partial charge in [-0.1, -0.05) is 60.1 Å². The predicted molar refractivity (Wildman–Crippen MR) is 108 cm³/mol. The first kappa shape index (κ1) is 16.8. The molecule has 1 heterocycles. The van der Waals surface area contributed by atoms with E-state index in [1.807, 2.05) is 30.3 Å². The van der Waals surface area contributed by atoms with Crippen LogP contribution in [0.5, 0.6) is 0 Å². The second kappa shape index (κ2) is 7.32. The van der Waals surface area contributed by atoms with Crippen LogP contribution in [0.4, 0.5) is 0 Å². The normalized spacial score (nSPS) is 11.3.